The maximum atomic E-state index is 10.7. The van der Waals surface area contributed by atoms with Gasteiger partial charge in [-0.3, -0.25) is 4.79 Å². The van der Waals surface area contributed by atoms with E-state index in [-0.39, 0.29) is 0 Å². The second kappa shape index (κ2) is 6.61. The van der Waals surface area contributed by atoms with E-state index < -0.39 is 12.0 Å². The molecule has 18 heavy (non-hydrogen) atoms. The molecule has 1 aromatic rings. The Bertz CT molecular complexity index is 436. The summed E-state index contributed by atoms with van der Waals surface area (Å²) >= 11 is 3.39. The molecule has 0 aliphatic heterocycles. The smallest absolute Gasteiger partial charge is 0.320 e. The number of carboxylic acids is 1. The Labute approximate surface area is 114 Å². The molecule has 0 saturated heterocycles. The Hall–Kier alpha value is -1.27. The van der Waals surface area contributed by atoms with E-state index >= 15 is 0 Å². The van der Waals surface area contributed by atoms with E-state index in [0.29, 0.717) is 18.0 Å². The highest BCUT2D eigenvalue weighted by Crippen LogP contribution is 2.36. The van der Waals surface area contributed by atoms with Crippen LogP contribution >= 0.6 is 15.9 Å². The second-order valence-electron chi connectivity index (χ2n) is 3.75. The highest BCUT2D eigenvalue weighted by molar-refractivity contribution is 9.10. The predicted octanol–water partition coefficient (Wildman–Crippen LogP) is 2.03. The van der Waals surface area contributed by atoms with Crippen molar-refractivity contribution in [2.45, 2.75) is 19.5 Å². The molecule has 2 N–H and O–H groups in total. The Kier molecular flexibility index (Phi) is 5.43. The molecule has 0 aliphatic rings. The van der Waals surface area contributed by atoms with E-state index in [4.69, 9.17) is 14.6 Å². The molecule has 0 bridgehead atoms. The Morgan fingerprint density at radius 2 is 2.11 bits per heavy atom. The van der Waals surface area contributed by atoms with Crippen molar-refractivity contribution in [1.29, 1.82) is 0 Å². The van der Waals surface area contributed by atoms with Gasteiger partial charge in [-0.2, -0.15) is 0 Å². The molecule has 100 valence electrons. The first-order valence-corrected chi connectivity index (χ1v) is 6.15. The summed E-state index contributed by atoms with van der Waals surface area (Å²) in [5, 5.41) is 11.7. The fourth-order valence-corrected chi connectivity index (χ4v) is 2.08. The van der Waals surface area contributed by atoms with E-state index in [2.05, 4.69) is 21.2 Å². The van der Waals surface area contributed by atoms with Crippen LogP contribution in [0.5, 0.6) is 11.5 Å². The SMILES string of the molecule is COc1cc(CNC(C)C(=O)O)cc(Br)c1OC. The molecule has 0 heterocycles. The van der Waals surface area contributed by atoms with Crippen LogP contribution < -0.4 is 14.8 Å². The molecule has 0 fully saturated rings. The monoisotopic (exact) mass is 317 g/mol. The molecule has 1 unspecified atom stereocenters. The highest BCUT2D eigenvalue weighted by Gasteiger charge is 2.13. The summed E-state index contributed by atoms with van der Waals surface area (Å²) in [5.41, 5.74) is 0.910. The first-order chi connectivity index (χ1) is 8.49. The molecule has 1 rings (SSSR count). The van der Waals surface area contributed by atoms with Gasteiger partial charge in [0, 0.05) is 6.54 Å². The van der Waals surface area contributed by atoms with Crippen LogP contribution in [0.4, 0.5) is 0 Å². The Morgan fingerprint density at radius 1 is 1.44 bits per heavy atom. The summed E-state index contributed by atoms with van der Waals surface area (Å²) < 4.78 is 11.2. The van der Waals surface area contributed by atoms with Crippen molar-refractivity contribution in [3.8, 4) is 11.5 Å². The van der Waals surface area contributed by atoms with Crippen LogP contribution in [0.15, 0.2) is 16.6 Å². The van der Waals surface area contributed by atoms with Gasteiger partial charge in [-0.15, -0.1) is 0 Å². The maximum absolute atomic E-state index is 10.7. The van der Waals surface area contributed by atoms with E-state index in [0.717, 1.165) is 10.0 Å². The van der Waals surface area contributed by atoms with Crippen LogP contribution in [0, 0.1) is 0 Å². The standard InChI is InChI=1S/C12H16BrNO4/c1-7(12(15)16)14-6-8-4-9(13)11(18-3)10(5-8)17-2/h4-5,7,14H,6H2,1-3H3,(H,15,16). The number of nitrogens with one attached hydrogen (secondary N) is 1. The summed E-state index contributed by atoms with van der Waals surface area (Å²) in [6.45, 7) is 2.03. The van der Waals surface area contributed by atoms with Crippen molar-refractivity contribution in [1.82, 2.24) is 5.32 Å². The highest BCUT2D eigenvalue weighted by atomic mass is 79.9. The van der Waals surface area contributed by atoms with Gasteiger partial charge in [0.05, 0.1) is 18.7 Å². The van der Waals surface area contributed by atoms with Crippen LogP contribution in [0.2, 0.25) is 0 Å². The Balaban J connectivity index is 2.85. The summed E-state index contributed by atoms with van der Waals surface area (Å²) in [5.74, 6) is 0.341. The van der Waals surface area contributed by atoms with Gasteiger partial charge in [0.2, 0.25) is 0 Å². The summed E-state index contributed by atoms with van der Waals surface area (Å²) in [7, 11) is 3.12. The molecular weight excluding hydrogens is 302 g/mol. The molecule has 0 aromatic heterocycles. The fourth-order valence-electron chi connectivity index (χ4n) is 1.43. The van der Waals surface area contributed by atoms with E-state index in [1.54, 1.807) is 21.1 Å². The quantitative estimate of drug-likeness (QED) is 0.840. The molecule has 0 aliphatic carbocycles. The number of benzene rings is 1. The first-order valence-electron chi connectivity index (χ1n) is 5.36. The molecular formula is C12H16BrNO4. The van der Waals surface area contributed by atoms with Gasteiger partial charge in [0.1, 0.15) is 6.04 Å². The number of carbonyl (C=O) groups is 1. The molecule has 0 saturated carbocycles. The average Bonchev–Trinajstić information content (AvgIpc) is 2.34. The van der Waals surface area contributed by atoms with Crippen molar-refractivity contribution < 1.29 is 19.4 Å². The lowest BCUT2D eigenvalue weighted by Crippen LogP contribution is -2.33. The third-order valence-corrected chi connectivity index (χ3v) is 3.07. The second-order valence-corrected chi connectivity index (χ2v) is 4.61. The number of hydrogen-bond acceptors (Lipinski definition) is 4. The van der Waals surface area contributed by atoms with Gasteiger partial charge in [-0.1, -0.05) is 0 Å². The fraction of sp³-hybridized carbons (Fsp3) is 0.417. The van der Waals surface area contributed by atoms with Crippen molar-refractivity contribution in [2.75, 3.05) is 14.2 Å². The zero-order valence-corrected chi connectivity index (χ0v) is 12.1. The molecule has 1 aromatic carbocycles. The zero-order chi connectivity index (χ0) is 13.7. The van der Waals surface area contributed by atoms with Crippen LogP contribution in [0.1, 0.15) is 12.5 Å². The average molecular weight is 318 g/mol. The van der Waals surface area contributed by atoms with Gasteiger partial charge in [-0.25, -0.2) is 0 Å². The van der Waals surface area contributed by atoms with Crippen LogP contribution in [0.3, 0.4) is 0 Å². The third kappa shape index (κ3) is 3.61. The summed E-state index contributed by atoms with van der Waals surface area (Å²) in [6.07, 6.45) is 0. The lowest BCUT2D eigenvalue weighted by atomic mass is 10.2. The first kappa shape index (κ1) is 14.8. The molecule has 1 atom stereocenters. The van der Waals surface area contributed by atoms with Gasteiger partial charge in [0.15, 0.2) is 11.5 Å². The van der Waals surface area contributed by atoms with Crippen molar-refractivity contribution >= 4 is 21.9 Å². The number of carboxylic acid groups (broad SMARTS) is 1. The number of ether oxygens (including phenoxy) is 2. The van der Waals surface area contributed by atoms with Crippen LogP contribution in [-0.4, -0.2) is 31.3 Å². The van der Waals surface area contributed by atoms with E-state index in [9.17, 15) is 4.79 Å². The van der Waals surface area contributed by atoms with E-state index in [1.807, 2.05) is 12.1 Å². The van der Waals surface area contributed by atoms with Gasteiger partial charge >= 0.3 is 5.97 Å². The largest absolute Gasteiger partial charge is 0.493 e. The lowest BCUT2D eigenvalue weighted by molar-refractivity contribution is -0.139. The predicted molar refractivity (Wildman–Crippen MR) is 71.2 cm³/mol. The van der Waals surface area contributed by atoms with E-state index in [1.165, 1.54) is 0 Å². The molecule has 0 radical (unpaired) electrons. The van der Waals surface area contributed by atoms with Crippen molar-refractivity contribution in [2.24, 2.45) is 0 Å². The molecule has 5 nitrogen and oxygen atoms in total. The van der Waals surface area contributed by atoms with Crippen molar-refractivity contribution in [3.05, 3.63) is 22.2 Å². The molecule has 0 spiro atoms. The van der Waals surface area contributed by atoms with Gasteiger partial charge in [-0.05, 0) is 40.5 Å². The van der Waals surface area contributed by atoms with Gasteiger partial charge < -0.3 is 19.9 Å². The molecule has 0 amide bonds. The number of methoxy groups -OCH3 is 2. The maximum Gasteiger partial charge on any atom is 0.320 e. The Morgan fingerprint density at radius 3 is 2.61 bits per heavy atom. The summed E-state index contributed by atoms with van der Waals surface area (Å²) in [4.78, 5) is 10.7. The minimum absolute atomic E-state index is 0.437. The number of halogens is 1. The lowest BCUT2D eigenvalue weighted by Gasteiger charge is -2.13. The number of hydrogen-bond donors (Lipinski definition) is 2. The van der Waals surface area contributed by atoms with Crippen LogP contribution in [0.25, 0.3) is 0 Å². The van der Waals surface area contributed by atoms with Crippen LogP contribution in [-0.2, 0) is 11.3 Å². The number of aliphatic carboxylic acids is 1. The minimum Gasteiger partial charge on any atom is -0.493 e. The minimum atomic E-state index is -0.880. The summed E-state index contributed by atoms with van der Waals surface area (Å²) in [6, 6.07) is 3.07. The zero-order valence-electron chi connectivity index (χ0n) is 10.5. The normalized spacial score (nSPS) is 12.0. The topological polar surface area (TPSA) is 67.8 Å². The van der Waals surface area contributed by atoms with Crippen molar-refractivity contribution in [3.63, 3.8) is 0 Å². The number of rotatable bonds is 6. The van der Waals surface area contributed by atoms with Gasteiger partial charge in [0.25, 0.3) is 0 Å². The third-order valence-electron chi connectivity index (χ3n) is 2.48. The molecule has 6 heteroatoms.